The Labute approximate surface area is 133 Å². The highest BCUT2D eigenvalue weighted by Gasteiger charge is 2.15. The van der Waals surface area contributed by atoms with Crippen molar-refractivity contribution in [3.05, 3.63) is 51.7 Å². The van der Waals surface area contributed by atoms with E-state index in [-0.39, 0.29) is 5.41 Å². The lowest BCUT2D eigenvalue weighted by Gasteiger charge is -2.15. The SMILES string of the molecule is CCC(C)c1ccc(NCc2ccc(C(C)(C)C)s2)cc1. The predicted molar refractivity (Wildman–Crippen MR) is 95.5 cm³/mol. The normalized spacial score (nSPS) is 13.2. The van der Waals surface area contributed by atoms with Gasteiger partial charge in [-0.2, -0.15) is 0 Å². The van der Waals surface area contributed by atoms with E-state index >= 15 is 0 Å². The van der Waals surface area contributed by atoms with Crippen LogP contribution in [-0.4, -0.2) is 0 Å². The zero-order chi connectivity index (χ0) is 15.5. The fourth-order valence-electron chi connectivity index (χ4n) is 2.23. The molecule has 2 heteroatoms. The summed E-state index contributed by atoms with van der Waals surface area (Å²) in [4.78, 5) is 2.84. The first kappa shape index (κ1) is 16.1. The number of thiophene rings is 1. The van der Waals surface area contributed by atoms with E-state index in [9.17, 15) is 0 Å². The Balaban J connectivity index is 1.95. The second kappa shape index (κ2) is 6.65. The summed E-state index contributed by atoms with van der Waals surface area (Å²) in [5.74, 6) is 0.644. The van der Waals surface area contributed by atoms with E-state index in [2.05, 4.69) is 76.3 Å². The van der Waals surface area contributed by atoms with Crippen LogP contribution in [-0.2, 0) is 12.0 Å². The highest BCUT2D eigenvalue weighted by Crippen LogP contribution is 2.30. The van der Waals surface area contributed by atoms with E-state index < -0.39 is 0 Å². The molecule has 0 radical (unpaired) electrons. The van der Waals surface area contributed by atoms with Crippen molar-refractivity contribution in [1.29, 1.82) is 0 Å². The van der Waals surface area contributed by atoms with Crippen LogP contribution in [0.3, 0.4) is 0 Å². The summed E-state index contributed by atoms with van der Waals surface area (Å²) in [5.41, 5.74) is 2.88. The highest BCUT2D eigenvalue weighted by molar-refractivity contribution is 7.12. The van der Waals surface area contributed by atoms with Crippen LogP contribution in [0.25, 0.3) is 0 Å². The quantitative estimate of drug-likeness (QED) is 0.696. The molecule has 1 aromatic heterocycles. The molecule has 0 saturated heterocycles. The van der Waals surface area contributed by atoms with E-state index in [0.29, 0.717) is 5.92 Å². The van der Waals surface area contributed by atoms with Crippen molar-refractivity contribution in [1.82, 2.24) is 0 Å². The topological polar surface area (TPSA) is 12.0 Å². The molecule has 2 aromatic rings. The average Bonchev–Trinajstić information content (AvgIpc) is 2.94. The molecule has 0 bridgehead atoms. The molecule has 114 valence electrons. The van der Waals surface area contributed by atoms with Crippen LogP contribution < -0.4 is 5.32 Å². The number of rotatable bonds is 5. The van der Waals surface area contributed by atoms with Crippen LogP contribution in [0.15, 0.2) is 36.4 Å². The Morgan fingerprint density at radius 2 is 1.71 bits per heavy atom. The second-order valence-electron chi connectivity index (χ2n) is 6.80. The third kappa shape index (κ3) is 4.34. The van der Waals surface area contributed by atoms with Gasteiger partial charge in [0, 0.05) is 22.0 Å². The summed E-state index contributed by atoms with van der Waals surface area (Å²) >= 11 is 1.91. The standard InChI is InChI=1S/C19H27NS/c1-6-14(2)15-7-9-16(10-8-15)20-13-17-11-12-18(21-17)19(3,4)5/h7-12,14,20H,6,13H2,1-5H3. The van der Waals surface area contributed by atoms with E-state index in [4.69, 9.17) is 0 Å². The molecule has 0 saturated carbocycles. The number of hydrogen-bond donors (Lipinski definition) is 1. The van der Waals surface area contributed by atoms with Crippen molar-refractivity contribution in [2.75, 3.05) is 5.32 Å². The summed E-state index contributed by atoms with van der Waals surface area (Å²) in [6.07, 6.45) is 1.19. The molecule has 2 rings (SSSR count). The monoisotopic (exact) mass is 301 g/mol. The van der Waals surface area contributed by atoms with Crippen LogP contribution >= 0.6 is 11.3 Å². The maximum atomic E-state index is 3.52. The van der Waals surface area contributed by atoms with Crippen LogP contribution in [0.5, 0.6) is 0 Å². The first-order valence-corrected chi connectivity index (χ1v) is 8.65. The third-order valence-electron chi connectivity index (χ3n) is 3.96. The van der Waals surface area contributed by atoms with Crippen LogP contribution in [0.1, 0.15) is 62.3 Å². The molecule has 0 spiro atoms. The van der Waals surface area contributed by atoms with Crippen LogP contribution in [0.2, 0.25) is 0 Å². The van der Waals surface area contributed by atoms with Crippen LogP contribution in [0, 0.1) is 0 Å². The molecule has 0 aliphatic rings. The molecule has 0 amide bonds. The van der Waals surface area contributed by atoms with E-state index in [1.165, 1.54) is 27.4 Å². The van der Waals surface area contributed by atoms with Crippen molar-refractivity contribution in [2.45, 2.75) is 58.9 Å². The molecule has 0 aliphatic carbocycles. The van der Waals surface area contributed by atoms with Crippen molar-refractivity contribution >= 4 is 17.0 Å². The predicted octanol–water partition coefficient (Wildman–Crippen LogP) is 6.17. The summed E-state index contributed by atoms with van der Waals surface area (Å²) in [7, 11) is 0. The van der Waals surface area contributed by atoms with Gasteiger partial charge in [0.2, 0.25) is 0 Å². The molecule has 1 nitrogen and oxygen atoms in total. The van der Waals surface area contributed by atoms with E-state index in [1.54, 1.807) is 0 Å². The first-order chi connectivity index (χ1) is 9.90. The minimum Gasteiger partial charge on any atom is -0.380 e. The fraction of sp³-hybridized carbons (Fsp3) is 0.474. The lowest BCUT2D eigenvalue weighted by Crippen LogP contribution is -2.07. The maximum Gasteiger partial charge on any atom is 0.0494 e. The van der Waals surface area contributed by atoms with Gasteiger partial charge < -0.3 is 5.32 Å². The second-order valence-corrected chi connectivity index (χ2v) is 7.97. The lowest BCUT2D eigenvalue weighted by atomic mass is 9.95. The number of benzene rings is 1. The van der Waals surface area contributed by atoms with E-state index in [0.717, 1.165) is 6.54 Å². The summed E-state index contributed by atoms with van der Waals surface area (Å²) in [5, 5.41) is 3.52. The molecular weight excluding hydrogens is 274 g/mol. The van der Waals surface area contributed by atoms with Crippen molar-refractivity contribution in [2.24, 2.45) is 0 Å². The Morgan fingerprint density at radius 3 is 2.24 bits per heavy atom. The summed E-state index contributed by atoms with van der Waals surface area (Å²) in [6, 6.07) is 13.4. The summed E-state index contributed by atoms with van der Waals surface area (Å²) in [6.45, 7) is 12.2. The van der Waals surface area contributed by atoms with Crippen molar-refractivity contribution in [3.8, 4) is 0 Å². The molecule has 1 heterocycles. The number of hydrogen-bond acceptors (Lipinski definition) is 2. The number of anilines is 1. The van der Waals surface area contributed by atoms with Gasteiger partial charge in [0.15, 0.2) is 0 Å². The molecule has 21 heavy (non-hydrogen) atoms. The fourth-order valence-corrected chi connectivity index (χ4v) is 3.24. The Morgan fingerprint density at radius 1 is 1.05 bits per heavy atom. The van der Waals surface area contributed by atoms with Gasteiger partial charge in [-0.15, -0.1) is 11.3 Å². The van der Waals surface area contributed by atoms with Gasteiger partial charge >= 0.3 is 0 Å². The average molecular weight is 301 g/mol. The molecule has 1 aromatic carbocycles. The third-order valence-corrected chi connectivity index (χ3v) is 5.47. The van der Waals surface area contributed by atoms with E-state index in [1.807, 2.05) is 11.3 Å². The first-order valence-electron chi connectivity index (χ1n) is 7.83. The zero-order valence-corrected chi connectivity index (χ0v) is 14.7. The van der Waals surface area contributed by atoms with Gasteiger partial charge in [0.1, 0.15) is 0 Å². The number of nitrogens with one attached hydrogen (secondary N) is 1. The van der Waals surface area contributed by atoms with Gasteiger partial charge in [-0.05, 0) is 47.6 Å². The van der Waals surface area contributed by atoms with Gasteiger partial charge in [0.25, 0.3) is 0 Å². The summed E-state index contributed by atoms with van der Waals surface area (Å²) < 4.78 is 0. The van der Waals surface area contributed by atoms with Gasteiger partial charge in [-0.1, -0.05) is 46.8 Å². The minimum atomic E-state index is 0.251. The van der Waals surface area contributed by atoms with Crippen LogP contribution in [0.4, 0.5) is 5.69 Å². The molecule has 1 unspecified atom stereocenters. The maximum absolute atomic E-state index is 3.52. The highest BCUT2D eigenvalue weighted by atomic mass is 32.1. The molecule has 0 fully saturated rings. The lowest BCUT2D eigenvalue weighted by molar-refractivity contribution is 0.604. The molecular formula is C19H27NS. The van der Waals surface area contributed by atoms with Gasteiger partial charge in [-0.3, -0.25) is 0 Å². The Kier molecular flexibility index (Phi) is 5.10. The van der Waals surface area contributed by atoms with Gasteiger partial charge in [-0.25, -0.2) is 0 Å². The van der Waals surface area contributed by atoms with Gasteiger partial charge in [0.05, 0.1) is 0 Å². The van der Waals surface area contributed by atoms with Crippen molar-refractivity contribution < 1.29 is 0 Å². The molecule has 1 atom stereocenters. The minimum absolute atomic E-state index is 0.251. The van der Waals surface area contributed by atoms with Crippen molar-refractivity contribution in [3.63, 3.8) is 0 Å². The largest absolute Gasteiger partial charge is 0.380 e. The smallest absolute Gasteiger partial charge is 0.0494 e. The molecule has 1 N–H and O–H groups in total. The Hall–Kier alpha value is -1.28. The zero-order valence-electron chi connectivity index (χ0n) is 13.9. The Bertz CT molecular complexity index is 560. The molecule has 0 aliphatic heterocycles.